The van der Waals surface area contributed by atoms with Gasteiger partial charge in [-0.3, -0.25) is 0 Å². The lowest BCUT2D eigenvalue weighted by atomic mass is 9.34. The number of furan rings is 2. The number of fused-ring (bicyclic) bond motifs is 10. The SMILES string of the molecule is Cc1ccc(N(c2ccccc2)c2ccc3c(c2)oc2cc4c(cc23)Oc2cccc3c2B4c2cc4oc5cc(N(c6ccccc6)c6ccc(C)cc6)ccc5c4cc2N3c2ccccc2-c2ccccc2)cc1. The van der Waals surface area contributed by atoms with Gasteiger partial charge >= 0.3 is 0 Å². The first-order chi connectivity index (χ1) is 37.0. The van der Waals surface area contributed by atoms with Crippen molar-refractivity contribution in [1.82, 2.24) is 0 Å². The number of ether oxygens (including phenoxy) is 1. The lowest BCUT2D eigenvalue weighted by Crippen LogP contribution is -2.59. The molecule has 0 fully saturated rings. The Bertz CT molecular complexity index is 4360. The molecule has 75 heavy (non-hydrogen) atoms. The fourth-order valence-electron chi connectivity index (χ4n) is 11.7. The van der Waals surface area contributed by atoms with Crippen LogP contribution in [0.2, 0.25) is 0 Å². The van der Waals surface area contributed by atoms with Crippen molar-refractivity contribution in [2.24, 2.45) is 0 Å². The molecule has 0 saturated heterocycles. The van der Waals surface area contributed by atoms with E-state index in [1.54, 1.807) is 0 Å². The molecule has 7 heteroatoms. The van der Waals surface area contributed by atoms with E-state index in [9.17, 15) is 0 Å². The number of hydrogen-bond acceptors (Lipinski definition) is 6. The van der Waals surface area contributed by atoms with Gasteiger partial charge in [-0.2, -0.15) is 0 Å². The Morgan fingerprint density at radius 1 is 0.347 bits per heavy atom. The van der Waals surface area contributed by atoms with Crippen molar-refractivity contribution >= 4 is 118 Å². The molecule has 2 aliphatic heterocycles. The minimum atomic E-state index is -0.207. The zero-order valence-electron chi connectivity index (χ0n) is 41.2. The van der Waals surface area contributed by atoms with Gasteiger partial charge in [0.15, 0.2) is 0 Å². The number of rotatable bonds is 8. The molecule has 6 nitrogen and oxygen atoms in total. The Balaban J connectivity index is 0.928. The van der Waals surface area contributed by atoms with Crippen LogP contribution in [0.4, 0.5) is 51.2 Å². The highest BCUT2D eigenvalue weighted by molar-refractivity contribution is 6.99. The normalized spacial score (nSPS) is 12.5. The van der Waals surface area contributed by atoms with E-state index in [-0.39, 0.29) is 6.71 Å². The smallest absolute Gasteiger partial charge is 0.256 e. The molecule has 0 atom stereocenters. The van der Waals surface area contributed by atoms with Crippen molar-refractivity contribution in [2.45, 2.75) is 13.8 Å². The van der Waals surface area contributed by atoms with Crippen LogP contribution < -0.4 is 35.8 Å². The third-order valence-electron chi connectivity index (χ3n) is 15.2. The van der Waals surface area contributed by atoms with E-state index in [0.29, 0.717) is 0 Å². The molecule has 13 aromatic rings. The van der Waals surface area contributed by atoms with Crippen LogP contribution in [0.3, 0.4) is 0 Å². The fraction of sp³-hybridized carbons (Fsp3) is 0.0294. The first-order valence-electron chi connectivity index (χ1n) is 25.6. The number of hydrogen-bond donors (Lipinski definition) is 0. The van der Waals surface area contributed by atoms with Gasteiger partial charge in [-0.05, 0) is 151 Å². The van der Waals surface area contributed by atoms with E-state index >= 15 is 0 Å². The van der Waals surface area contributed by atoms with Gasteiger partial charge in [0.05, 0.1) is 5.69 Å². The zero-order chi connectivity index (χ0) is 49.7. The Morgan fingerprint density at radius 2 is 0.827 bits per heavy atom. The average molecular weight is 964 g/mol. The highest BCUT2D eigenvalue weighted by Crippen LogP contribution is 2.48. The van der Waals surface area contributed by atoms with E-state index in [1.165, 1.54) is 11.1 Å². The predicted molar refractivity (Wildman–Crippen MR) is 311 cm³/mol. The lowest BCUT2D eigenvalue weighted by molar-refractivity contribution is 0.488. The minimum absolute atomic E-state index is 0.207. The maximum Gasteiger partial charge on any atom is 0.256 e. The van der Waals surface area contributed by atoms with Gasteiger partial charge in [-0.15, -0.1) is 0 Å². The summed E-state index contributed by atoms with van der Waals surface area (Å²) in [5.41, 5.74) is 20.8. The second-order valence-electron chi connectivity index (χ2n) is 19.8. The number of anilines is 9. The average Bonchev–Trinajstić information content (AvgIpc) is 4.01. The Labute approximate surface area is 434 Å². The quantitative estimate of drug-likeness (QED) is 0.141. The summed E-state index contributed by atoms with van der Waals surface area (Å²) in [7, 11) is 0. The van der Waals surface area contributed by atoms with Gasteiger partial charge in [0.2, 0.25) is 0 Å². The summed E-state index contributed by atoms with van der Waals surface area (Å²) < 4.78 is 21.1. The lowest BCUT2D eigenvalue weighted by Gasteiger charge is -2.40. The van der Waals surface area contributed by atoms with E-state index in [2.05, 4.69) is 271 Å². The Kier molecular flexibility index (Phi) is 9.69. The second-order valence-corrected chi connectivity index (χ2v) is 19.8. The fourth-order valence-corrected chi connectivity index (χ4v) is 11.7. The maximum atomic E-state index is 7.10. The highest BCUT2D eigenvalue weighted by atomic mass is 16.5. The molecule has 0 radical (unpaired) electrons. The molecule has 11 aromatic carbocycles. The van der Waals surface area contributed by atoms with Crippen molar-refractivity contribution in [3.05, 3.63) is 254 Å². The van der Waals surface area contributed by atoms with Gasteiger partial charge in [-0.1, -0.05) is 126 Å². The summed E-state index contributed by atoms with van der Waals surface area (Å²) >= 11 is 0. The van der Waals surface area contributed by atoms with Gasteiger partial charge < -0.3 is 28.3 Å². The third-order valence-corrected chi connectivity index (χ3v) is 15.2. The maximum absolute atomic E-state index is 7.10. The van der Waals surface area contributed by atoms with Crippen molar-refractivity contribution in [1.29, 1.82) is 0 Å². The molecular formula is C68H46BN3O3. The van der Waals surface area contributed by atoms with Gasteiger partial charge in [0.1, 0.15) is 33.8 Å². The summed E-state index contributed by atoms with van der Waals surface area (Å²) in [6, 6.07) is 86.5. The number of benzene rings is 11. The van der Waals surface area contributed by atoms with Crippen LogP contribution in [0.5, 0.6) is 11.5 Å². The second kappa shape index (κ2) is 16.9. The van der Waals surface area contributed by atoms with Gasteiger partial charge in [-0.25, -0.2) is 0 Å². The van der Waals surface area contributed by atoms with Crippen LogP contribution in [0, 0.1) is 13.8 Å². The Hall–Kier alpha value is -9.72. The van der Waals surface area contributed by atoms with Crippen LogP contribution >= 0.6 is 0 Å². The monoisotopic (exact) mass is 963 g/mol. The summed E-state index contributed by atoms with van der Waals surface area (Å²) in [5.74, 6) is 1.64. The highest BCUT2D eigenvalue weighted by Gasteiger charge is 2.43. The number of para-hydroxylation sites is 3. The van der Waals surface area contributed by atoms with Crippen LogP contribution in [0.25, 0.3) is 55.0 Å². The number of nitrogens with zero attached hydrogens (tertiary/aromatic N) is 3. The first-order valence-corrected chi connectivity index (χ1v) is 25.6. The van der Waals surface area contributed by atoms with Crippen LogP contribution in [-0.2, 0) is 0 Å². The zero-order valence-corrected chi connectivity index (χ0v) is 41.2. The first kappa shape index (κ1) is 42.9. The van der Waals surface area contributed by atoms with E-state index < -0.39 is 0 Å². The molecular weight excluding hydrogens is 918 g/mol. The summed E-state index contributed by atoms with van der Waals surface area (Å²) in [6.45, 7) is 4.04. The van der Waals surface area contributed by atoms with E-state index in [1.807, 2.05) is 0 Å². The van der Waals surface area contributed by atoms with Crippen molar-refractivity contribution in [3.63, 3.8) is 0 Å². The molecule has 354 valence electrons. The molecule has 0 bridgehead atoms. The molecule has 0 unspecified atom stereocenters. The topological polar surface area (TPSA) is 45.2 Å². The molecule has 0 N–H and O–H groups in total. The summed E-state index contributed by atoms with van der Waals surface area (Å²) in [5, 5.41) is 4.13. The number of aryl methyl sites for hydroxylation is 2. The van der Waals surface area contributed by atoms with Gasteiger partial charge in [0.25, 0.3) is 6.71 Å². The summed E-state index contributed by atoms with van der Waals surface area (Å²) in [6.07, 6.45) is 0. The van der Waals surface area contributed by atoms with E-state index in [0.717, 1.165) is 134 Å². The largest absolute Gasteiger partial charge is 0.458 e. The van der Waals surface area contributed by atoms with Crippen LogP contribution in [0.15, 0.2) is 251 Å². The predicted octanol–water partition coefficient (Wildman–Crippen LogP) is 17.1. The van der Waals surface area contributed by atoms with E-state index in [4.69, 9.17) is 13.6 Å². The molecule has 15 rings (SSSR count). The standard InChI is InChI=1S/C68H46BN3O3/c1-43-25-29-48(30-26-43)70(46-17-8-4-9-18-46)50-33-35-53-55-39-61-57(41-65(55)74-63(53)37-50)69-58-42-66-56(54-36-34-51(38-64(54)75-66)71(47-19-10-5-11-20-47)49-31-27-44(2)28-32-49)40-67(58)73-62-24-14-23-60(68(62)69)72(61)59-22-13-12-21-52(59)45-15-6-3-7-16-45/h3-42H,1-2H3. The minimum Gasteiger partial charge on any atom is -0.458 e. The molecule has 0 saturated carbocycles. The van der Waals surface area contributed by atoms with Crippen molar-refractivity contribution in [3.8, 4) is 22.6 Å². The third kappa shape index (κ3) is 6.96. The summed E-state index contributed by atoms with van der Waals surface area (Å²) in [4.78, 5) is 7.01. The molecule has 0 aliphatic carbocycles. The molecule has 2 aromatic heterocycles. The van der Waals surface area contributed by atoms with Crippen molar-refractivity contribution < 1.29 is 13.6 Å². The molecule has 0 spiro atoms. The molecule has 2 aliphatic rings. The van der Waals surface area contributed by atoms with Crippen LogP contribution in [-0.4, -0.2) is 6.71 Å². The van der Waals surface area contributed by atoms with Crippen LogP contribution in [0.1, 0.15) is 11.1 Å². The Morgan fingerprint density at radius 3 is 1.43 bits per heavy atom. The van der Waals surface area contributed by atoms with Crippen molar-refractivity contribution in [2.75, 3.05) is 14.7 Å². The van der Waals surface area contributed by atoms with Gasteiger partial charge in [0, 0.05) is 84.7 Å². The molecule has 0 amide bonds. The molecule has 4 heterocycles.